The van der Waals surface area contributed by atoms with Crippen molar-refractivity contribution < 1.29 is 18.3 Å². The highest BCUT2D eigenvalue weighted by molar-refractivity contribution is 7.89. The molecular formula is C12H15ClN2O4S. The predicted octanol–water partition coefficient (Wildman–Crippen LogP) is 1.76. The van der Waals surface area contributed by atoms with Crippen LogP contribution in [0.15, 0.2) is 29.2 Å². The first-order chi connectivity index (χ1) is 9.39. The first kappa shape index (κ1) is 15.1. The third-order valence-electron chi connectivity index (χ3n) is 3.23. The molecule has 0 radical (unpaired) electrons. The number of piperidine rings is 1. The Hall–Kier alpha value is -1.31. The van der Waals surface area contributed by atoms with Crippen molar-refractivity contribution in [1.29, 1.82) is 0 Å². The van der Waals surface area contributed by atoms with E-state index in [-0.39, 0.29) is 10.9 Å². The number of benzene rings is 1. The maximum Gasteiger partial charge on any atom is 0.404 e. The lowest BCUT2D eigenvalue weighted by Gasteiger charge is -2.31. The number of amides is 1. The van der Waals surface area contributed by atoms with Crippen molar-refractivity contribution in [2.45, 2.75) is 23.8 Å². The van der Waals surface area contributed by atoms with Gasteiger partial charge in [-0.25, -0.2) is 13.2 Å². The molecule has 1 heterocycles. The quantitative estimate of drug-likeness (QED) is 0.889. The summed E-state index contributed by atoms with van der Waals surface area (Å²) in [6.07, 6.45) is -0.137. The third-order valence-corrected chi connectivity index (χ3v) is 5.40. The average molecular weight is 319 g/mol. The van der Waals surface area contributed by atoms with E-state index in [1.807, 2.05) is 0 Å². The maximum atomic E-state index is 12.4. The molecule has 2 rings (SSSR count). The third kappa shape index (κ3) is 3.41. The van der Waals surface area contributed by atoms with Crippen molar-refractivity contribution in [3.8, 4) is 0 Å². The van der Waals surface area contributed by atoms with Crippen molar-refractivity contribution in [3.05, 3.63) is 29.3 Å². The molecule has 1 aliphatic rings. The summed E-state index contributed by atoms with van der Waals surface area (Å²) in [4.78, 5) is 10.7. The normalized spacial score (nSPS) is 17.9. The van der Waals surface area contributed by atoms with Crippen LogP contribution in [0.3, 0.4) is 0 Å². The molecule has 2 N–H and O–H groups in total. The van der Waals surface area contributed by atoms with Gasteiger partial charge in [0.1, 0.15) is 0 Å². The van der Waals surface area contributed by atoms with Gasteiger partial charge in [-0.2, -0.15) is 4.31 Å². The second-order valence-corrected chi connectivity index (χ2v) is 6.96. The molecule has 6 nitrogen and oxygen atoms in total. The largest absolute Gasteiger partial charge is 0.465 e. The average Bonchev–Trinajstić information content (AvgIpc) is 2.39. The van der Waals surface area contributed by atoms with Gasteiger partial charge in [0, 0.05) is 24.2 Å². The van der Waals surface area contributed by atoms with Crippen LogP contribution < -0.4 is 5.32 Å². The minimum absolute atomic E-state index is 0.191. The SMILES string of the molecule is O=C(O)NC1CCN(S(=O)(=O)c2ccc(Cl)cc2)CC1. The van der Waals surface area contributed by atoms with Crippen LogP contribution in [-0.2, 0) is 10.0 Å². The molecule has 1 fully saturated rings. The Morgan fingerprint density at radius 1 is 1.25 bits per heavy atom. The van der Waals surface area contributed by atoms with Crippen molar-refractivity contribution in [2.75, 3.05) is 13.1 Å². The van der Waals surface area contributed by atoms with Gasteiger partial charge in [-0.05, 0) is 37.1 Å². The molecule has 0 atom stereocenters. The number of nitrogens with one attached hydrogen (secondary N) is 1. The van der Waals surface area contributed by atoms with E-state index in [4.69, 9.17) is 16.7 Å². The molecule has 0 spiro atoms. The summed E-state index contributed by atoms with van der Waals surface area (Å²) in [6.45, 7) is 0.603. The van der Waals surface area contributed by atoms with E-state index in [2.05, 4.69) is 5.32 Å². The van der Waals surface area contributed by atoms with Gasteiger partial charge in [-0.3, -0.25) is 0 Å². The monoisotopic (exact) mass is 318 g/mol. The number of rotatable bonds is 3. The highest BCUT2D eigenvalue weighted by Gasteiger charge is 2.29. The van der Waals surface area contributed by atoms with Gasteiger partial charge in [0.05, 0.1) is 4.90 Å². The van der Waals surface area contributed by atoms with Gasteiger partial charge < -0.3 is 10.4 Å². The van der Waals surface area contributed by atoms with Crippen LogP contribution in [0.4, 0.5) is 4.79 Å². The standard InChI is InChI=1S/C12H15ClN2O4S/c13-9-1-3-11(4-2-9)20(18,19)15-7-5-10(6-8-15)14-12(16)17/h1-4,10,14H,5-8H2,(H,16,17). The molecule has 1 amide bonds. The van der Waals surface area contributed by atoms with Gasteiger partial charge in [0.2, 0.25) is 10.0 Å². The van der Waals surface area contributed by atoms with E-state index in [9.17, 15) is 13.2 Å². The number of carbonyl (C=O) groups is 1. The van der Waals surface area contributed by atoms with Gasteiger partial charge in [-0.1, -0.05) is 11.6 Å². The minimum Gasteiger partial charge on any atom is -0.465 e. The predicted molar refractivity (Wildman–Crippen MR) is 74.4 cm³/mol. The number of hydrogen-bond acceptors (Lipinski definition) is 3. The first-order valence-corrected chi connectivity index (χ1v) is 7.96. The number of carboxylic acid groups (broad SMARTS) is 1. The smallest absolute Gasteiger partial charge is 0.404 e. The highest BCUT2D eigenvalue weighted by Crippen LogP contribution is 2.22. The van der Waals surface area contributed by atoms with E-state index in [1.165, 1.54) is 28.6 Å². The maximum absolute atomic E-state index is 12.4. The zero-order valence-corrected chi connectivity index (χ0v) is 12.2. The topological polar surface area (TPSA) is 86.7 Å². The lowest BCUT2D eigenvalue weighted by Crippen LogP contribution is -2.46. The van der Waals surface area contributed by atoms with E-state index >= 15 is 0 Å². The van der Waals surface area contributed by atoms with E-state index < -0.39 is 16.1 Å². The van der Waals surface area contributed by atoms with Crippen LogP contribution in [-0.4, -0.2) is 43.1 Å². The molecule has 0 unspecified atom stereocenters. The molecule has 1 aromatic rings. The van der Waals surface area contributed by atoms with Crippen LogP contribution in [0.25, 0.3) is 0 Å². The van der Waals surface area contributed by atoms with Gasteiger partial charge in [0.15, 0.2) is 0 Å². The summed E-state index contributed by atoms with van der Waals surface area (Å²) in [5, 5.41) is 11.5. The molecule has 0 bridgehead atoms. The summed E-state index contributed by atoms with van der Waals surface area (Å²) < 4.78 is 26.1. The fraction of sp³-hybridized carbons (Fsp3) is 0.417. The molecule has 0 saturated carbocycles. The van der Waals surface area contributed by atoms with Gasteiger partial charge >= 0.3 is 6.09 Å². The second kappa shape index (κ2) is 5.99. The molecule has 1 aromatic carbocycles. The minimum atomic E-state index is -3.53. The molecule has 110 valence electrons. The summed E-state index contributed by atoms with van der Waals surface area (Å²) in [5.41, 5.74) is 0. The van der Waals surface area contributed by atoms with Crippen LogP contribution in [0.1, 0.15) is 12.8 Å². The molecule has 1 saturated heterocycles. The fourth-order valence-corrected chi connectivity index (χ4v) is 3.77. The zero-order valence-electron chi connectivity index (χ0n) is 10.6. The van der Waals surface area contributed by atoms with E-state index in [1.54, 1.807) is 0 Å². The Kier molecular flexibility index (Phi) is 4.52. The molecule has 0 aromatic heterocycles. The van der Waals surface area contributed by atoms with Crippen molar-refractivity contribution in [3.63, 3.8) is 0 Å². The lowest BCUT2D eigenvalue weighted by molar-refractivity contribution is 0.183. The molecule has 8 heteroatoms. The van der Waals surface area contributed by atoms with Crippen molar-refractivity contribution >= 4 is 27.7 Å². The second-order valence-electron chi connectivity index (χ2n) is 4.58. The van der Waals surface area contributed by atoms with E-state index in [0.717, 1.165) is 0 Å². The Bertz CT molecular complexity index is 580. The number of sulfonamides is 1. The zero-order chi connectivity index (χ0) is 14.8. The number of nitrogens with zero attached hydrogens (tertiary/aromatic N) is 1. The molecule has 0 aliphatic carbocycles. The Balaban J connectivity index is 2.05. The number of hydrogen-bond donors (Lipinski definition) is 2. The summed E-state index contributed by atoms with van der Waals surface area (Å²) >= 11 is 5.74. The van der Waals surface area contributed by atoms with Crippen LogP contribution >= 0.6 is 11.6 Å². The van der Waals surface area contributed by atoms with Crippen molar-refractivity contribution in [1.82, 2.24) is 9.62 Å². The van der Waals surface area contributed by atoms with Crippen molar-refractivity contribution in [2.24, 2.45) is 0 Å². The Morgan fingerprint density at radius 2 is 1.80 bits per heavy atom. The fourth-order valence-electron chi connectivity index (χ4n) is 2.17. The van der Waals surface area contributed by atoms with Gasteiger partial charge in [0.25, 0.3) is 0 Å². The Morgan fingerprint density at radius 3 is 2.30 bits per heavy atom. The molecule has 1 aliphatic heterocycles. The summed E-state index contributed by atoms with van der Waals surface area (Å²) in [7, 11) is -3.53. The highest BCUT2D eigenvalue weighted by atomic mass is 35.5. The number of halogens is 1. The van der Waals surface area contributed by atoms with Gasteiger partial charge in [-0.15, -0.1) is 0 Å². The van der Waals surface area contributed by atoms with Crippen LogP contribution in [0.5, 0.6) is 0 Å². The lowest BCUT2D eigenvalue weighted by atomic mass is 10.1. The molecular weight excluding hydrogens is 304 g/mol. The molecule has 20 heavy (non-hydrogen) atoms. The summed E-state index contributed by atoms with van der Waals surface area (Å²) in [5.74, 6) is 0. The first-order valence-electron chi connectivity index (χ1n) is 6.15. The summed E-state index contributed by atoms with van der Waals surface area (Å²) in [6, 6.07) is 5.82. The van der Waals surface area contributed by atoms with E-state index in [0.29, 0.717) is 31.0 Å². The van der Waals surface area contributed by atoms with Crippen LogP contribution in [0, 0.1) is 0 Å². The van der Waals surface area contributed by atoms with Crippen LogP contribution in [0.2, 0.25) is 5.02 Å². The Labute approximate surface area is 122 Å².